The summed E-state index contributed by atoms with van der Waals surface area (Å²) in [5.41, 5.74) is 1.74. The predicted molar refractivity (Wildman–Crippen MR) is 98.7 cm³/mol. The van der Waals surface area contributed by atoms with Crippen molar-refractivity contribution in [2.45, 2.75) is 12.8 Å². The number of aryl methyl sites for hydroxylation is 1. The molecule has 0 aliphatic carbocycles. The second kappa shape index (κ2) is 8.88. The van der Waals surface area contributed by atoms with E-state index in [9.17, 15) is 4.79 Å². The van der Waals surface area contributed by atoms with Crippen LogP contribution >= 0.6 is 12.2 Å². The van der Waals surface area contributed by atoms with Crippen molar-refractivity contribution in [1.29, 1.82) is 0 Å². The van der Waals surface area contributed by atoms with Gasteiger partial charge in [-0.2, -0.15) is 0 Å². The van der Waals surface area contributed by atoms with E-state index in [1.807, 2.05) is 30.3 Å². The average molecular weight is 344 g/mol. The topological polar surface area (TPSA) is 59.6 Å². The molecule has 2 aromatic carbocycles. The summed E-state index contributed by atoms with van der Waals surface area (Å²) in [5.74, 6) is 1.13. The van der Waals surface area contributed by atoms with Crippen LogP contribution in [0.15, 0.2) is 48.5 Å². The number of hydrogen-bond donors (Lipinski definition) is 2. The van der Waals surface area contributed by atoms with Crippen LogP contribution in [-0.2, 0) is 11.2 Å². The highest BCUT2D eigenvalue weighted by Crippen LogP contribution is 2.28. The highest BCUT2D eigenvalue weighted by atomic mass is 32.1. The first-order chi connectivity index (χ1) is 11.6. The summed E-state index contributed by atoms with van der Waals surface area (Å²) in [6, 6.07) is 15.1. The zero-order chi connectivity index (χ0) is 17.4. The molecule has 5 nitrogen and oxygen atoms in total. The van der Waals surface area contributed by atoms with Crippen molar-refractivity contribution in [2.24, 2.45) is 0 Å². The molecule has 0 fully saturated rings. The van der Waals surface area contributed by atoms with Gasteiger partial charge in [0, 0.05) is 12.5 Å². The normalized spacial score (nSPS) is 9.92. The molecule has 0 spiro atoms. The highest BCUT2D eigenvalue weighted by molar-refractivity contribution is 7.80. The quantitative estimate of drug-likeness (QED) is 0.789. The van der Waals surface area contributed by atoms with E-state index in [1.54, 1.807) is 32.4 Å². The Hall–Kier alpha value is -2.60. The zero-order valence-corrected chi connectivity index (χ0v) is 14.5. The number of benzene rings is 2. The van der Waals surface area contributed by atoms with Gasteiger partial charge in [0.05, 0.1) is 19.9 Å². The largest absolute Gasteiger partial charge is 0.497 e. The van der Waals surface area contributed by atoms with Gasteiger partial charge in [0.15, 0.2) is 5.11 Å². The van der Waals surface area contributed by atoms with E-state index < -0.39 is 0 Å². The molecule has 0 aliphatic heterocycles. The van der Waals surface area contributed by atoms with Gasteiger partial charge in [-0.1, -0.05) is 30.3 Å². The minimum Gasteiger partial charge on any atom is -0.497 e. The monoisotopic (exact) mass is 344 g/mol. The van der Waals surface area contributed by atoms with Gasteiger partial charge in [-0.3, -0.25) is 4.79 Å². The molecule has 0 radical (unpaired) electrons. The van der Waals surface area contributed by atoms with E-state index in [0.29, 0.717) is 30.0 Å². The van der Waals surface area contributed by atoms with E-state index in [1.165, 1.54) is 0 Å². The van der Waals surface area contributed by atoms with Gasteiger partial charge in [-0.05, 0) is 36.3 Å². The summed E-state index contributed by atoms with van der Waals surface area (Å²) < 4.78 is 10.4. The van der Waals surface area contributed by atoms with Crippen molar-refractivity contribution in [2.75, 3.05) is 19.5 Å². The van der Waals surface area contributed by atoms with E-state index in [0.717, 1.165) is 5.56 Å². The molecule has 2 N–H and O–H groups in total. The van der Waals surface area contributed by atoms with E-state index in [2.05, 4.69) is 10.6 Å². The molecular formula is C18H20N2O3S. The molecule has 0 aliphatic rings. The van der Waals surface area contributed by atoms with Gasteiger partial charge in [0.2, 0.25) is 5.91 Å². The maximum atomic E-state index is 12.0. The highest BCUT2D eigenvalue weighted by Gasteiger charge is 2.09. The molecule has 0 atom stereocenters. The lowest BCUT2D eigenvalue weighted by molar-refractivity contribution is -0.119. The fraction of sp³-hybridized carbons (Fsp3) is 0.222. The van der Waals surface area contributed by atoms with Crippen LogP contribution in [0.2, 0.25) is 0 Å². The second-order valence-electron chi connectivity index (χ2n) is 5.05. The fourth-order valence-corrected chi connectivity index (χ4v) is 2.38. The van der Waals surface area contributed by atoms with Crippen molar-refractivity contribution in [3.05, 3.63) is 54.1 Å². The Labute approximate surface area is 147 Å². The zero-order valence-electron chi connectivity index (χ0n) is 13.7. The van der Waals surface area contributed by atoms with Crippen molar-refractivity contribution < 1.29 is 14.3 Å². The van der Waals surface area contributed by atoms with Crippen LogP contribution in [0.1, 0.15) is 12.0 Å². The molecule has 0 heterocycles. The van der Waals surface area contributed by atoms with Crippen LogP contribution in [0.5, 0.6) is 11.5 Å². The van der Waals surface area contributed by atoms with Crippen molar-refractivity contribution in [1.82, 2.24) is 5.32 Å². The number of carbonyl (C=O) groups is 1. The molecular weight excluding hydrogens is 324 g/mol. The standard InChI is InChI=1S/C18H20N2O3S/c1-22-14-9-10-16(23-2)15(12-14)19-18(24)20-17(21)11-8-13-6-4-3-5-7-13/h3-7,9-10,12H,8,11H2,1-2H3,(H2,19,20,21,24). The van der Waals surface area contributed by atoms with Gasteiger partial charge in [-0.25, -0.2) is 0 Å². The first-order valence-corrected chi connectivity index (χ1v) is 7.90. The van der Waals surface area contributed by atoms with Crippen LogP contribution in [0, 0.1) is 0 Å². The minimum atomic E-state index is -0.141. The average Bonchev–Trinajstić information content (AvgIpc) is 2.60. The number of hydrogen-bond acceptors (Lipinski definition) is 4. The first-order valence-electron chi connectivity index (χ1n) is 7.49. The lowest BCUT2D eigenvalue weighted by atomic mass is 10.1. The maximum absolute atomic E-state index is 12.0. The predicted octanol–water partition coefficient (Wildman–Crippen LogP) is 3.15. The van der Waals surface area contributed by atoms with Gasteiger partial charge < -0.3 is 20.1 Å². The summed E-state index contributed by atoms with van der Waals surface area (Å²) in [7, 11) is 3.14. The van der Waals surface area contributed by atoms with Gasteiger partial charge in [-0.15, -0.1) is 0 Å². The smallest absolute Gasteiger partial charge is 0.226 e. The Morgan fingerprint density at radius 2 is 1.83 bits per heavy atom. The van der Waals surface area contributed by atoms with E-state index in [-0.39, 0.29) is 11.0 Å². The van der Waals surface area contributed by atoms with E-state index in [4.69, 9.17) is 21.7 Å². The Kier molecular flexibility index (Phi) is 6.57. The number of carbonyl (C=O) groups excluding carboxylic acids is 1. The fourth-order valence-electron chi connectivity index (χ4n) is 2.16. The molecule has 0 aromatic heterocycles. The maximum Gasteiger partial charge on any atom is 0.226 e. The Morgan fingerprint density at radius 1 is 1.08 bits per heavy atom. The van der Waals surface area contributed by atoms with Crippen molar-refractivity contribution in [3.63, 3.8) is 0 Å². The van der Waals surface area contributed by atoms with Crippen LogP contribution in [0.25, 0.3) is 0 Å². The van der Waals surface area contributed by atoms with Crippen molar-refractivity contribution in [3.8, 4) is 11.5 Å². The number of amides is 1. The van der Waals surface area contributed by atoms with Gasteiger partial charge in [0.25, 0.3) is 0 Å². The summed E-state index contributed by atoms with van der Waals surface area (Å²) in [4.78, 5) is 12.0. The molecule has 126 valence electrons. The molecule has 0 saturated carbocycles. The molecule has 0 unspecified atom stereocenters. The van der Waals surface area contributed by atoms with Gasteiger partial charge >= 0.3 is 0 Å². The number of rotatable bonds is 6. The number of thiocarbonyl (C=S) groups is 1. The Bertz CT molecular complexity index is 705. The van der Waals surface area contributed by atoms with E-state index >= 15 is 0 Å². The lowest BCUT2D eigenvalue weighted by Gasteiger charge is -2.14. The molecule has 0 saturated heterocycles. The molecule has 0 bridgehead atoms. The molecule has 6 heteroatoms. The Balaban J connectivity index is 1.89. The van der Waals surface area contributed by atoms with Crippen LogP contribution in [0.4, 0.5) is 5.69 Å². The molecule has 24 heavy (non-hydrogen) atoms. The number of anilines is 1. The Morgan fingerprint density at radius 3 is 2.50 bits per heavy atom. The van der Waals surface area contributed by atoms with Crippen LogP contribution in [0.3, 0.4) is 0 Å². The summed E-state index contributed by atoms with van der Waals surface area (Å²) in [6.07, 6.45) is 1.03. The summed E-state index contributed by atoms with van der Waals surface area (Å²) in [6.45, 7) is 0. The van der Waals surface area contributed by atoms with Crippen LogP contribution < -0.4 is 20.1 Å². The molecule has 2 rings (SSSR count). The summed E-state index contributed by atoms with van der Waals surface area (Å²) in [5, 5.41) is 5.85. The third kappa shape index (κ3) is 5.24. The SMILES string of the molecule is COc1ccc(OC)c(NC(=S)NC(=O)CCc2ccccc2)c1. The van der Waals surface area contributed by atoms with Crippen LogP contribution in [-0.4, -0.2) is 25.2 Å². The third-order valence-electron chi connectivity index (χ3n) is 3.39. The lowest BCUT2D eigenvalue weighted by Crippen LogP contribution is -2.34. The first kappa shape index (κ1) is 17.7. The molecule has 2 aromatic rings. The third-order valence-corrected chi connectivity index (χ3v) is 3.60. The minimum absolute atomic E-state index is 0.141. The van der Waals surface area contributed by atoms with Crippen molar-refractivity contribution >= 4 is 28.9 Å². The number of nitrogens with one attached hydrogen (secondary N) is 2. The van der Waals surface area contributed by atoms with Gasteiger partial charge in [0.1, 0.15) is 11.5 Å². The summed E-state index contributed by atoms with van der Waals surface area (Å²) >= 11 is 5.19. The number of ether oxygens (including phenoxy) is 2. The second-order valence-corrected chi connectivity index (χ2v) is 5.46. The molecule has 1 amide bonds. The number of methoxy groups -OCH3 is 2.